The maximum Gasteiger partial charge on any atom is 0.151 e. The largest absolute Gasteiger partial charge is 0.237 e. The van der Waals surface area contributed by atoms with Crippen molar-refractivity contribution in [2.75, 3.05) is 0 Å². The number of rotatable bonds is 0. The zero-order valence-corrected chi connectivity index (χ0v) is 6.94. The van der Waals surface area contributed by atoms with Crippen LogP contribution < -0.4 is 0 Å². The third kappa shape index (κ3) is 1.16. The second-order valence-electron chi connectivity index (χ2n) is 2.86. The molecule has 0 N–H and O–H groups in total. The van der Waals surface area contributed by atoms with Crippen molar-refractivity contribution in [3.05, 3.63) is 35.7 Å². The first kappa shape index (κ1) is 7.22. The summed E-state index contributed by atoms with van der Waals surface area (Å²) >= 11 is 0. The van der Waals surface area contributed by atoms with Gasteiger partial charge in [-0.1, -0.05) is 12.2 Å². The molecular formula is C10H10N2. The molecule has 2 aliphatic rings. The van der Waals surface area contributed by atoms with Gasteiger partial charge >= 0.3 is 0 Å². The Morgan fingerprint density at radius 1 is 1.08 bits per heavy atom. The Bertz CT molecular complexity index is 304. The van der Waals surface area contributed by atoms with Crippen LogP contribution in [0.1, 0.15) is 6.92 Å². The van der Waals surface area contributed by atoms with E-state index in [4.69, 9.17) is 0 Å². The zero-order valence-electron chi connectivity index (χ0n) is 6.94. The Morgan fingerprint density at radius 3 is 2.25 bits per heavy atom. The van der Waals surface area contributed by atoms with E-state index in [-0.39, 0.29) is 0 Å². The Kier molecular flexibility index (Phi) is 1.74. The third-order valence-corrected chi connectivity index (χ3v) is 2.06. The highest BCUT2D eigenvalue weighted by molar-refractivity contribution is 5.77. The number of aliphatic imine (C=N–C) groups is 2. The van der Waals surface area contributed by atoms with E-state index < -0.39 is 0 Å². The summed E-state index contributed by atoms with van der Waals surface area (Å²) in [6, 6.07) is 0. The molecule has 0 aromatic rings. The Hall–Kier alpha value is -1.44. The second kappa shape index (κ2) is 2.89. The monoisotopic (exact) mass is 158 g/mol. The lowest BCUT2D eigenvalue weighted by Gasteiger charge is -2.05. The van der Waals surface area contributed by atoms with E-state index in [0.717, 1.165) is 5.82 Å². The Morgan fingerprint density at radius 2 is 1.67 bits per heavy atom. The Balaban J connectivity index is 2.52. The quantitative estimate of drug-likeness (QED) is 0.516. The highest BCUT2D eigenvalue weighted by Crippen LogP contribution is 2.22. The fourth-order valence-corrected chi connectivity index (χ4v) is 1.30. The Labute approximate surface area is 71.7 Å². The lowest BCUT2D eigenvalue weighted by atomic mass is 10.0. The molecule has 2 heterocycles. The average Bonchev–Trinajstić information content (AvgIpc) is 2.37. The van der Waals surface area contributed by atoms with Crippen molar-refractivity contribution in [1.82, 2.24) is 0 Å². The minimum atomic E-state index is 0.366. The lowest BCUT2D eigenvalue weighted by molar-refractivity contribution is 0.939. The maximum absolute atomic E-state index is 4.21. The molecule has 2 aliphatic heterocycles. The number of hydrogen-bond acceptors (Lipinski definition) is 2. The van der Waals surface area contributed by atoms with E-state index in [0.29, 0.717) is 5.92 Å². The first-order chi connectivity index (χ1) is 5.88. The predicted octanol–water partition coefficient (Wildman–Crippen LogP) is 2.12. The van der Waals surface area contributed by atoms with Gasteiger partial charge in [-0.2, -0.15) is 0 Å². The van der Waals surface area contributed by atoms with Crippen molar-refractivity contribution in [1.29, 1.82) is 0 Å². The van der Waals surface area contributed by atoms with Crippen molar-refractivity contribution in [3.63, 3.8) is 0 Å². The molecule has 0 aromatic heterocycles. The minimum absolute atomic E-state index is 0.366. The second-order valence-corrected chi connectivity index (χ2v) is 2.86. The fraction of sp³-hybridized carbons (Fsp3) is 0.200. The van der Waals surface area contributed by atoms with Crippen molar-refractivity contribution in [3.8, 4) is 0 Å². The van der Waals surface area contributed by atoms with Crippen LogP contribution in [0.5, 0.6) is 0 Å². The maximum atomic E-state index is 4.21. The average molecular weight is 158 g/mol. The van der Waals surface area contributed by atoms with Crippen LogP contribution in [-0.4, -0.2) is 12.4 Å². The molecule has 2 nitrogen and oxygen atoms in total. The van der Waals surface area contributed by atoms with Crippen LogP contribution in [0.15, 0.2) is 45.7 Å². The molecule has 2 rings (SSSR count). The molecule has 0 radical (unpaired) electrons. The molecule has 0 aliphatic carbocycles. The summed E-state index contributed by atoms with van der Waals surface area (Å²) < 4.78 is 0. The first-order valence-corrected chi connectivity index (χ1v) is 4.00. The number of nitrogens with zero attached hydrogens (tertiary/aromatic N) is 2. The summed E-state index contributed by atoms with van der Waals surface area (Å²) in [5.41, 5.74) is 1.21. The van der Waals surface area contributed by atoms with Gasteiger partial charge in [0.05, 0.1) is 0 Å². The van der Waals surface area contributed by atoms with Gasteiger partial charge in [-0.15, -0.1) is 0 Å². The van der Waals surface area contributed by atoms with E-state index >= 15 is 0 Å². The minimum Gasteiger partial charge on any atom is -0.237 e. The summed E-state index contributed by atoms with van der Waals surface area (Å²) in [6.45, 7) is 2.07. The highest BCUT2D eigenvalue weighted by Gasteiger charge is 2.10. The van der Waals surface area contributed by atoms with E-state index in [1.54, 1.807) is 12.4 Å². The van der Waals surface area contributed by atoms with Gasteiger partial charge in [0.2, 0.25) is 0 Å². The summed E-state index contributed by atoms with van der Waals surface area (Å²) in [4.78, 5) is 8.43. The van der Waals surface area contributed by atoms with E-state index in [9.17, 15) is 0 Å². The molecule has 0 unspecified atom stereocenters. The van der Waals surface area contributed by atoms with Crippen molar-refractivity contribution in [2.45, 2.75) is 6.92 Å². The van der Waals surface area contributed by atoms with Gasteiger partial charge < -0.3 is 0 Å². The number of hydrogen-bond donors (Lipinski definition) is 0. The van der Waals surface area contributed by atoms with Gasteiger partial charge in [0, 0.05) is 18.3 Å². The summed E-state index contributed by atoms with van der Waals surface area (Å²) in [6.07, 6.45) is 11.7. The molecule has 0 fully saturated rings. The summed E-state index contributed by atoms with van der Waals surface area (Å²) in [5, 5.41) is 0. The van der Waals surface area contributed by atoms with E-state index in [2.05, 4.69) is 29.1 Å². The molecule has 12 heavy (non-hydrogen) atoms. The SMILES string of the molecule is CC1=C2N=CC=CC1C=CC=N2. The van der Waals surface area contributed by atoms with Crippen molar-refractivity contribution in [2.24, 2.45) is 15.9 Å². The fourth-order valence-electron chi connectivity index (χ4n) is 1.30. The molecule has 0 atom stereocenters. The van der Waals surface area contributed by atoms with Crippen LogP contribution in [-0.2, 0) is 0 Å². The molecule has 0 aromatic carbocycles. The number of allylic oxidation sites excluding steroid dienone is 5. The molecule has 2 bridgehead atoms. The molecule has 0 spiro atoms. The third-order valence-electron chi connectivity index (χ3n) is 2.06. The number of fused-ring (bicyclic) bond motifs is 1. The molecular weight excluding hydrogens is 148 g/mol. The van der Waals surface area contributed by atoms with Crippen LogP contribution in [0.25, 0.3) is 0 Å². The van der Waals surface area contributed by atoms with Gasteiger partial charge in [0.15, 0.2) is 5.82 Å². The van der Waals surface area contributed by atoms with Crippen molar-refractivity contribution >= 4 is 12.4 Å². The van der Waals surface area contributed by atoms with Crippen molar-refractivity contribution < 1.29 is 0 Å². The van der Waals surface area contributed by atoms with Gasteiger partial charge in [-0.05, 0) is 24.6 Å². The van der Waals surface area contributed by atoms with Crippen LogP contribution in [0.3, 0.4) is 0 Å². The van der Waals surface area contributed by atoms with Crippen LogP contribution in [0, 0.1) is 5.92 Å². The predicted molar refractivity (Wildman–Crippen MR) is 51.5 cm³/mol. The van der Waals surface area contributed by atoms with Crippen LogP contribution >= 0.6 is 0 Å². The highest BCUT2D eigenvalue weighted by atomic mass is 15.0. The topological polar surface area (TPSA) is 24.7 Å². The van der Waals surface area contributed by atoms with Crippen LogP contribution in [0.4, 0.5) is 0 Å². The molecule has 0 amide bonds. The summed E-state index contributed by atoms with van der Waals surface area (Å²) in [7, 11) is 0. The smallest absolute Gasteiger partial charge is 0.151 e. The molecule has 0 saturated carbocycles. The van der Waals surface area contributed by atoms with Gasteiger partial charge in [-0.25, -0.2) is 9.98 Å². The van der Waals surface area contributed by atoms with Gasteiger partial charge in [0.1, 0.15) is 0 Å². The first-order valence-electron chi connectivity index (χ1n) is 4.00. The lowest BCUT2D eigenvalue weighted by Crippen LogP contribution is -1.93. The van der Waals surface area contributed by atoms with E-state index in [1.807, 2.05) is 12.2 Å². The standard InChI is InChI=1S/C10H10N2/c1-8-9-4-2-6-11-10(8)12-7-3-5-9/h2-7,9H,1H3. The van der Waals surface area contributed by atoms with Gasteiger partial charge in [0.25, 0.3) is 0 Å². The van der Waals surface area contributed by atoms with Crippen LogP contribution in [0.2, 0.25) is 0 Å². The zero-order chi connectivity index (χ0) is 8.39. The van der Waals surface area contributed by atoms with E-state index in [1.165, 1.54) is 5.57 Å². The van der Waals surface area contributed by atoms with Gasteiger partial charge in [-0.3, -0.25) is 0 Å². The molecule has 60 valence electrons. The molecule has 2 heteroatoms. The summed E-state index contributed by atoms with van der Waals surface area (Å²) in [5.74, 6) is 1.21. The molecule has 0 saturated heterocycles. The normalized spacial score (nSPS) is 21.4.